The Hall–Kier alpha value is -3.76. The van der Waals surface area contributed by atoms with Crippen LogP contribution in [0.4, 0.5) is 11.4 Å². The van der Waals surface area contributed by atoms with Crippen molar-refractivity contribution in [2.75, 3.05) is 23.7 Å². The van der Waals surface area contributed by atoms with E-state index in [1.165, 1.54) is 0 Å². The van der Waals surface area contributed by atoms with E-state index in [1.807, 2.05) is 29.8 Å². The van der Waals surface area contributed by atoms with E-state index in [4.69, 9.17) is 23.2 Å². The van der Waals surface area contributed by atoms with Gasteiger partial charge in [-0.1, -0.05) is 47.5 Å². The fourth-order valence-corrected chi connectivity index (χ4v) is 6.27. The molecule has 0 aliphatic carbocycles. The molecule has 2 aliphatic heterocycles. The van der Waals surface area contributed by atoms with Crippen molar-refractivity contribution < 1.29 is 9.59 Å². The van der Waals surface area contributed by atoms with Gasteiger partial charge in [0.25, 0.3) is 11.8 Å². The van der Waals surface area contributed by atoms with Gasteiger partial charge >= 0.3 is 0 Å². The highest BCUT2D eigenvalue weighted by Crippen LogP contribution is 2.40. The normalized spacial score (nSPS) is 14.7. The topological polar surface area (TPSA) is 104 Å². The third kappa shape index (κ3) is 5.78. The summed E-state index contributed by atoms with van der Waals surface area (Å²) in [4.78, 5) is 37.8. The molecule has 6 rings (SSSR count). The van der Waals surface area contributed by atoms with Gasteiger partial charge in [0, 0.05) is 68.7 Å². The molecule has 0 spiro atoms. The highest BCUT2D eigenvalue weighted by molar-refractivity contribution is 6.40. The summed E-state index contributed by atoms with van der Waals surface area (Å²) >= 11 is 13.7. The Labute approximate surface area is 260 Å². The number of benzene rings is 2. The molecule has 2 aromatic carbocycles. The van der Waals surface area contributed by atoms with Crippen LogP contribution in [0.2, 0.25) is 10.0 Å². The Kier molecular flexibility index (Phi) is 8.24. The number of anilines is 2. The van der Waals surface area contributed by atoms with Gasteiger partial charge in [-0.05, 0) is 49.6 Å². The molecule has 4 aromatic rings. The maximum Gasteiger partial charge on any atom is 0.291 e. The van der Waals surface area contributed by atoms with Gasteiger partial charge in [0.2, 0.25) is 0 Å². The minimum absolute atomic E-state index is 0.325. The van der Waals surface area contributed by atoms with Gasteiger partial charge in [-0.2, -0.15) is 0 Å². The van der Waals surface area contributed by atoms with Gasteiger partial charge < -0.3 is 20.5 Å². The van der Waals surface area contributed by atoms with Crippen LogP contribution in [-0.2, 0) is 33.0 Å². The van der Waals surface area contributed by atoms with Gasteiger partial charge in [-0.3, -0.25) is 19.5 Å². The highest BCUT2D eigenvalue weighted by atomic mass is 35.5. The molecule has 9 nitrogen and oxygen atoms in total. The largest absolute Gasteiger partial charge is 0.327 e. The van der Waals surface area contributed by atoms with Crippen molar-refractivity contribution in [3.8, 4) is 11.1 Å². The molecule has 0 atom stereocenters. The van der Waals surface area contributed by atoms with E-state index in [9.17, 15) is 9.59 Å². The summed E-state index contributed by atoms with van der Waals surface area (Å²) in [6.45, 7) is 7.63. The maximum absolute atomic E-state index is 13.2. The molecule has 2 amide bonds. The van der Waals surface area contributed by atoms with Crippen LogP contribution in [0.1, 0.15) is 57.5 Å². The number of amides is 2. The van der Waals surface area contributed by atoms with Gasteiger partial charge in [-0.15, -0.1) is 0 Å². The van der Waals surface area contributed by atoms with Crippen LogP contribution in [0.3, 0.4) is 0 Å². The third-order valence-electron chi connectivity index (χ3n) is 8.20. The lowest BCUT2D eigenvalue weighted by atomic mass is 10.00. The number of rotatable bonds is 6. The number of carbonyl (C=O) groups excluding carboxylic acids is 2. The first-order valence-electron chi connectivity index (χ1n) is 14.4. The maximum atomic E-state index is 13.2. The van der Waals surface area contributed by atoms with E-state index in [0.717, 1.165) is 55.0 Å². The molecule has 4 heterocycles. The summed E-state index contributed by atoms with van der Waals surface area (Å²) in [5, 5.41) is 9.76. The summed E-state index contributed by atoms with van der Waals surface area (Å²) in [6.07, 6.45) is 3.48. The van der Waals surface area contributed by atoms with Gasteiger partial charge in [0.05, 0.1) is 27.1 Å². The molecule has 0 fully saturated rings. The zero-order chi connectivity index (χ0) is 30.2. The minimum atomic E-state index is -0.350. The number of carbonyl (C=O) groups is 2. The Morgan fingerprint density at radius 1 is 0.953 bits per heavy atom. The average Bonchev–Trinajstić information content (AvgIpc) is 3.35. The Balaban J connectivity index is 1.21. The molecule has 3 N–H and O–H groups in total. The van der Waals surface area contributed by atoms with Crippen LogP contribution < -0.4 is 16.0 Å². The van der Waals surface area contributed by atoms with Crippen LogP contribution in [0, 0.1) is 0 Å². The van der Waals surface area contributed by atoms with E-state index in [-0.39, 0.29) is 11.8 Å². The third-order valence-corrected chi connectivity index (χ3v) is 9.02. The lowest BCUT2D eigenvalue weighted by Gasteiger charge is -2.31. The molecular formula is C32H33Cl2N7O2. The van der Waals surface area contributed by atoms with E-state index in [2.05, 4.69) is 44.7 Å². The number of aromatic nitrogens is 3. The molecule has 0 bridgehead atoms. The molecular weight excluding hydrogens is 585 g/mol. The van der Waals surface area contributed by atoms with Crippen LogP contribution in [0.25, 0.3) is 11.1 Å². The van der Waals surface area contributed by atoms with Crippen LogP contribution in [0.5, 0.6) is 0 Å². The fraction of sp³-hybridized carbons (Fsp3) is 0.312. The zero-order valence-corrected chi connectivity index (χ0v) is 25.8. The second kappa shape index (κ2) is 12.1. The molecule has 0 radical (unpaired) electrons. The summed E-state index contributed by atoms with van der Waals surface area (Å²) < 4.78 is 1.84. The summed E-state index contributed by atoms with van der Waals surface area (Å²) in [7, 11) is 1.85. The number of hydrogen-bond acceptors (Lipinski definition) is 6. The van der Waals surface area contributed by atoms with Crippen molar-refractivity contribution >= 4 is 46.4 Å². The smallest absolute Gasteiger partial charge is 0.291 e. The predicted molar refractivity (Wildman–Crippen MR) is 170 cm³/mol. The first kappa shape index (κ1) is 29.3. The van der Waals surface area contributed by atoms with Crippen LogP contribution in [-0.4, -0.2) is 50.4 Å². The number of imidazole rings is 1. The van der Waals surface area contributed by atoms with Crippen molar-refractivity contribution in [2.45, 2.75) is 45.8 Å². The average molecular weight is 619 g/mol. The molecule has 0 saturated carbocycles. The number of fused-ring (bicyclic) bond motifs is 2. The van der Waals surface area contributed by atoms with E-state index >= 15 is 0 Å². The molecule has 2 aliphatic rings. The summed E-state index contributed by atoms with van der Waals surface area (Å²) in [5.41, 5.74) is 6.67. The number of pyridine rings is 1. The molecule has 0 saturated heterocycles. The molecule has 2 aromatic heterocycles. The fourth-order valence-electron chi connectivity index (χ4n) is 5.72. The molecule has 43 heavy (non-hydrogen) atoms. The van der Waals surface area contributed by atoms with Crippen molar-refractivity contribution in [3.63, 3.8) is 0 Å². The number of nitrogens with one attached hydrogen (secondary N) is 3. The monoisotopic (exact) mass is 617 g/mol. The van der Waals surface area contributed by atoms with Crippen molar-refractivity contribution in [3.05, 3.63) is 92.7 Å². The van der Waals surface area contributed by atoms with Gasteiger partial charge in [0.15, 0.2) is 5.82 Å². The highest BCUT2D eigenvalue weighted by Gasteiger charge is 2.24. The summed E-state index contributed by atoms with van der Waals surface area (Å²) in [6, 6.07) is 13.0. The Bertz CT molecular complexity index is 1730. The second-order valence-electron chi connectivity index (χ2n) is 11.2. The molecule has 0 unspecified atom stereocenters. The van der Waals surface area contributed by atoms with Crippen molar-refractivity contribution in [2.24, 2.45) is 7.05 Å². The lowest BCUT2D eigenvalue weighted by Crippen LogP contribution is -2.36. The van der Waals surface area contributed by atoms with E-state index in [0.29, 0.717) is 56.7 Å². The van der Waals surface area contributed by atoms with E-state index in [1.54, 1.807) is 30.5 Å². The first-order valence-corrected chi connectivity index (χ1v) is 15.1. The minimum Gasteiger partial charge on any atom is -0.327 e. The number of nitrogens with zero attached hydrogens (tertiary/aromatic N) is 4. The van der Waals surface area contributed by atoms with Crippen molar-refractivity contribution in [1.82, 2.24) is 24.8 Å². The van der Waals surface area contributed by atoms with Crippen LogP contribution >= 0.6 is 23.2 Å². The quantitative estimate of drug-likeness (QED) is 0.256. The Morgan fingerprint density at radius 2 is 1.63 bits per heavy atom. The molecule has 11 heteroatoms. The van der Waals surface area contributed by atoms with Crippen molar-refractivity contribution in [1.29, 1.82) is 0 Å². The van der Waals surface area contributed by atoms with E-state index < -0.39 is 0 Å². The zero-order valence-electron chi connectivity index (χ0n) is 24.3. The van der Waals surface area contributed by atoms with Gasteiger partial charge in [0.1, 0.15) is 5.69 Å². The standard InChI is InChI=1S/C32H33Cl2N7O2/c1-18(2)41-13-11-19-14-25(36-15-20(19)17-41)31(42)38-23-8-4-6-21(28(23)33)22-7-5-9-24(29(22)34)39-32(43)30-37-26-16-35-12-10-27(26)40(30)3/h4-9,14-15,18,35H,10-13,16-17H2,1-3H3,(H,38,42)(H,39,43). The number of halogens is 2. The predicted octanol–water partition coefficient (Wildman–Crippen LogP) is 5.71. The summed E-state index contributed by atoms with van der Waals surface area (Å²) in [5.74, 6) is -0.364. The Morgan fingerprint density at radius 3 is 2.28 bits per heavy atom. The van der Waals surface area contributed by atoms with Crippen LogP contribution in [0.15, 0.2) is 48.7 Å². The second-order valence-corrected chi connectivity index (χ2v) is 12.0. The first-order chi connectivity index (χ1) is 20.7. The van der Waals surface area contributed by atoms with Gasteiger partial charge in [-0.25, -0.2) is 4.98 Å². The molecule has 222 valence electrons. The SMILES string of the molecule is CC(C)N1CCc2cc(C(=O)Nc3cccc(-c4cccc(NC(=O)c5nc6c(n5C)CCNC6)c4Cl)c3Cl)ncc2C1. The lowest BCUT2D eigenvalue weighted by molar-refractivity contribution is 0.100. The number of hydrogen-bond donors (Lipinski definition) is 3.